The molecule has 0 atom stereocenters. The number of allylic oxidation sites excluding steroid dienone is 1. The SMILES string of the molecule is C=C(Nc1ccc(-c2cccc(CN(C)C(=C)CN)c2)cc1)C1CC1. The minimum Gasteiger partial charge on any atom is -0.373 e. The summed E-state index contributed by atoms with van der Waals surface area (Å²) in [5, 5.41) is 3.42. The lowest BCUT2D eigenvalue weighted by Gasteiger charge is -2.21. The summed E-state index contributed by atoms with van der Waals surface area (Å²) in [4.78, 5) is 2.09. The average molecular weight is 333 g/mol. The van der Waals surface area contributed by atoms with Gasteiger partial charge in [0, 0.05) is 37.2 Å². The molecular formula is C22H27N3. The maximum Gasteiger partial charge on any atom is 0.0423 e. The number of rotatable bonds is 8. The summed E-state index contributed by atoms with van der Waals surface area (Å²) in [5.74, 6) is 0.664. The topological polar surface area (TPSA) is 41.3 Å². The normalized spacial score (nSPS) is 13.4. The van der Waals surface area contributed by atoms with Gasteiger partial charge in [0.1, 0.15) is 0 Å². The van der Waals surface area contributed by atoms with E-state index < -0.39 is 0 Å². The molecule has 2 aromatic rings. The van der Waals surface area contributed by atoms with E-state index >= 15 is 0 Å². The smallest absolute Gasteiger partial charge is 0.0423 e. The molecule has 0 radical (unpaired) electrons. The molecule has 0 bridgehead atoms. The molecule has 3 nitrogen and oxygen atoms in total. The molecule has 0 aromatic heterocycles. The molecule has 1 saturated carbocycles. The van der Waals surface area contributed by atoms with E-state index in [9.17, 15) is 0 Å². The Kier molecular flexibility index (Phi) is 5.25. The highest BCUT2D eigenvalue weighted by atomic mass is 15.1. The molecule has 1 aliphatic carbocycles. The summed E-state index contributed by atoms with van der Waals surface area (Å²) in [6, 6.07) is 17.2. The molecule has 25 heavy (non-hydrogen) atoms. The van der Waals surface area contributed by atoms with E-state index in [1.54, 1.807) is 0 Å². The first kappa shape index (κ1) is 17.3. The Bertz CT molecular complexity index is 757. The average Bonchev–Trinajstić information content (AvgIpc) is 3.47. The van der Waals surface area contributed by atoms with Crippen molar-refractivity contribution in [3.05, 3.63) is 78.6 Å². The van der Waals surface area contributed by atoms with Crippen LogP contribution in [0.4, 0.5) is 5.69 Å². The van der Waals surface area contributed by atoms with Gasteiger partial charge in [0.2, 0.25) is 0 Å². The molecule has 0 aliphatic heterocycles. The number of hydrogen-bond donors (Lipinski definition) is 2. The zero-order valence-corrected chi connectivity index (χ0v) is 15.0. The number of likely N-dealkylation sites (N-methyl/N-ethyl adjacent to an activating group) is 1. The van der Waals surface area contributed by atoms with Gasteiger partial charge in [0.15, 0.2) is 0 Å². The second-order valence-electron chi connectivity index (χ2n) is 6.83. The predicted molar refractivity (Wildman–Crippen MR) is 107 cm³/mol. The molecule has 0 spiro atoms. The molecule has 0 heterocycles. The fourth-order valence-electron chi connectivity index (χ4n) is 2.86. The number of nitrogens with zero attached hydrogens (tertiary/aromatic N) is 1. The van der Waals surface area contributed by atoms with E-state index in [-0.39, 0.29) is 0 Å². The van der Waals surface area contributed by atoms with E-state index in [0.717, 1.165) is 23.6 Å². The van der Waals surface area contributed by atoms with Crippen LogP contribution in [0.3, 0.4) is 0 Å². The third kappa shape index (κ3) is 4.52. The molecular weight excluding hydrogens is 306 g/mol. The van der Waals surface area contributed by atoms with Gasteiger partial charge < -0.3 is 16.0 Å². The first-order valence-electron chi connectivity index (χ1n) is 8.81. The van der Waals surface area contributed by atoms with Crippen molar-refractivity contribution in [2.24, 2.45) is 11.7 Å². The van der Waals surface area contributed by atoms with E-state index in [2.05, 4.69) is 71.9 Å². The summed E-state index contributed by atoms with van der Waals surface area (Å²) in [7, 11) is 2.02. The first-order valence-corrected chi connectivity index (χ1v) is 8.81. The van der Waals surface area contributed by atoms with Gasteiger partial charge >= 0.3 is 0 Å². The summed E-state index contributed by atoms with van der Waals surface area (Å²) in [6.45, 7) is 9.40. The molecule has 130 valence electrons. The van der Waals surface area contributed by atoms with Crippen molar-refractivity contribution in [1.82, 2.24) is 4.90 Å². The Balaban J connectivity index is 1.69. The van der Waals surface area contributed by atoms with Crippen LogP contribution >= 0.6 is 0 Å². The number of anilines is 1. The molecule has 0 saturated heterocycles. The maximum absolute atomic E-state index is 5.67. The fraction of sp³-hybridized carbons (Fsp3) is 0.273. The maximum atomic E-state index is 5.67. The van der Waals surface area contributed by atoms with Crippen LogP contribution in [-0.4, -0.2) is 18.5 Å². The monoisotopic (exact) mass is 333 g/mol. The van der Waals surface area contributed by atoms with Crippen LogP contribution in [0.15, 0.2) is 73.1 Å². The van der Waals surface area contributed by atoms with Crippen molar-refractivity contribution in [3.8, 4) is 11.1 Å². The summed E-state index contributed by atoms with van der Waals surface area (Å²) >= 11 is 0. The van der Waals surface area contributed by atoms with Crippen LogP contribution in [0.25, 0.3) is 11.1 Å². The number of nitrogens with two attached hydrogens (primary N) is 1. The van der Waals surface area contributed by atoms with Crippen molar-refractivity contribution >= 4 is 5.69 Å². The van der Waals surface area contributed by atoms with Gasteiger partial charge in [-0.3, -0.25) is 0 Å². The number of nitrogens with one attached hydrogen (secondary N) is 1. The molecule has 3 rings (SSSR count). The third-order valence-electron chi connectivity index (χ3n) is 4.72. The summed E-state index contributed by atoms with van der Waals surface area (Å²) in [6.07, 6.45) is 2.53. The number of benzene rings is 2. The lowest BCUT2D eigenvalue weighted by atomic mass is 10.0. The van der Waals surface area contributed by atoms with Crippen LogP contribution in [0.5, 0.6) is 0 Å². The molecule has 3 heteroatoms. The molecule has 1 fully saturated rings. The lowest BCUT2D eigenvalue weighted by Crippen LogP contribution is -2.22. The Morgan fingerprint density at radius 1 is 1.12 bits per heavy atom. The van der Waals surface area contributed by atoms with Crippen LogP contribution in [0.2, 0.25) is 0 Å². The molecule has 3 N–H and O–H groups in total. The molecule has 1 aliphatic rings. The highest BCUT2D eigenvalue weighted by Gasteiger charge is 2.24. The van der Waals surface area contributed by atoms with Crippen molar-refractivity contribution in [1.29, 1.82) is 0 Å². The van der Waals surface area contributed by atoms with Gasteiger partial charge in [-0.15, -0.1) is 0 Å². The van der Waals surface area contributed by atoms with E-state index in [1.807, 2.05) is 7.05 Å². The molecule has 0 amide bonds. The van der Waals surface area contributed by atoms with Crippen molar-refractivity contribution in [3.63, 3.8) is 0 Å². The molecule has 2 aromatic carbocycles. The summed E-state index contributed by atoms with van der Waals surface area (Å²) in [5.41, 5.74) is 12.5. The van der Waals surface area contributed by atoms with Gasteiger partial charge in [0.25, 0.3) is 0 Å². The number of hydrogen-bond acceptors (Lipinski definition) is 3. The Morgan fingerprint density at radius 2 is 1.84 bits per heavy atom. The van der Waals surface area contributed by atoms with E-state index in [0.29, 0.717) is 12.5 Å². The van der Waals surface area contributed by atoms with Crippen molar-refractivity contribution in [2.75, 3.05) is 18.9 Å². The first-order chi connectivity index (χ1) is 12.1. The zero-order valence-electron chi connectivity index (χ0n) is 15.0. The minimum absolute atomic E-state index is 0.483. The van der Waals surface area contributed by atoms with E-state index in [1.165, 1.54) is 29.5 Å². The highest BCUT2D eigenvalue weighted by molar-refractivity contribution is 5.67. The largest absolute Gasteiger partial charge is 0.373 e. The second kappa shape index (κ2) is 7.58. The highest BCUT2D eigenvalue weighted by Crippen LogP contribution is 2.36. The van der Waals surface area contributed by atoms with Crippen LogP contribution in [-0.2, 0) is 6.54 Å². The van der Waals surface area contributed by atoms with E-state index in [4.69, 9.17) is 5.73 Å². The Morgan fingerprint density at radius 3 is 2.48 bits per heavy atom. The second-order valence-corrected chi connectivity index (χ2v) is 6.83. The Labute approximate surface area is 150 Å². The van der Waals surface area contributed by atoms with Gasteiger partial charge in [0.05, 0.1) is 0 Å². The summed E-state index contributed by atoms with van der Waals surface area (Å²) < 4.78 is 0. The lowest BCUT2D eigenvalue weighted by molar-refractivity contribution is 0.407. The quantitative estimate of drug-likeness (QED) is 0.742. The van der Waals surface area contributed by atoms with Gasteiger partial charge in [-0.05, 0) is 53.6 Å². The predicted octanol–water partition coefficient (Wildman–Crippen LogP) is 4.59. The minimum atomic E-state index is 0.483. The zero-order chi connectivity index (χ0) is 17.8. The van der Waals surface area contributed by atoms with Crippen molar-refractivity contribution < 1.29 is 0 Å². The standard InChI is InChI=1S/C22H27N3/c1-16(14-23)25(3)15-18-5-4-6-21(13-18)20-9-11-22(12-10-20)24-17(2)19-7-8-19/h4-6,9-13,19,24H,1-2,7-8,14-15,23H2,3H3. The third-order valence-corrected chi connectivity index (χ3v) is 4.72. The fourth-order valence-corrected chi connectivity index (χ4v) is 2.86. The van der Waals surface area contributed by atoms with Gasteiger partial charge in [-0.2, -0.15) is 0 Å². The van der Waals surface area contributed by atoms with Crippen molar-refractivity contribution in [2.45, 2.75) is 19.4 Å². The Hall–Kier alpha value is -2.52. The van der Waals surface area contributed by atoms with Crippen LogP contribution in [0.1, 0.15) is 18.4 Å². The van der Waals surface area contributed by atoms with Crippen LogP contribution in [0, 0.1) is 5.92 Å². The van der Waals surface area contributed by atoms with Gasteiger partial charge in [-0.1, -0.05) is 43.5 Å². The van der Waals surface area contributed by atoms with Crippen LogP contribution < -0.4 is 11.1 Å². The molecule has 0 unspecified atom stereocenters. The van der Waals surface area contributed by atoms with Gasteiger partial charge in [-0.25, -0.2) is 0 Å².